The number of amides is 1. The molecule has 2 aromatic rings. The van der Waals surface area contributed by atoms with E-state index >= 15 is 0 Å². The number of carbonyl (C=O) groups excluding carboxylic acids is 1. The molecular weight excluding hydrogens is 302 g/mol. The Morgan fingerprint density at radius 1 is 1.36 bits per heavy atom. The Morgan fingerprint density at radius 2 is 2.05 bits per heavy atom. The van der Waals surface area contributed by atoms with Crippen LogP contribution in [0.4, 0.5) is 5.69 Å². The van der Waals surface area contributed by atoms with Gasteiger partial charge in [-0.1, -0.05) is 11.2 Å². The molecule has 0 aliphatic carbocycles. The Balaban J connectivity index is 0.00000242. The number of hydrogen-bond acceptors (Lipinski definition) is 4. The van der Waals surface area contributed by atoms with Crippen LogP contribution in [0.15, 0.2) is 22.7 Å². The second-order valence-corrected chi connectivity index (χ2v) is 5.46. The van der Waals surface area contributed by atoms with Crippen LogP contribution >= 0.6 is 12.4 Å². The van der Waals surface area contributed by atoms with Crippen LogP contribution < -0.4 is 11.1 Å². The maximum atomic E-state index is 12.3. The van der Waals surface area contributed by atoms with Crippen LogP contribution in [0.3, 0.4) is 0 Å². The number of anilines is 1. The zero-order valence-electron chi connectivity index (χ0n) is 13.3. The van der Waals surface area contributed by atoms with E-state index in [1.165, 1.54) is 0 Å². The van der Waals surface area contributed by atoms with Crippen LogP contribution in [0.2, 0.25) is 0 Å². The number of rotatable bonds is 4. The van der Waals surface area contributed by atoms with E-state index in [-0.39, 0.29) is 24.4 Å². The van der Waals surface area contributed by atoms with Gasteiger partial charge in [0.2, 0.25) is 0 Å². The zero-order valence-corrected chi connectivity index (χ0v) is 14.1. The number of benzene rings is 1. The largest absolute Gasteiger partial charge is 0.399 e. The lowest BCUT2D eigenvalue weighted by Gasteiger charge is -2.15. The molecule has 22 heavy (non-hydrogen) atoms. The van der Waals surface area contributed by atoms with Gasteiger partial charge in [-0.2, -0.15) is 0 Å². The van der Waals surface area contributed by atoms with Crippen molar-refractivity contribution in [1.82, 2.24) is 10.5 Å². The normalized spacial score (nSPS) is 11.6. The topological polar surface area (TPSA) is 81.2 Å². The highest BCUT2D eigenvalue weighted by Gasteiger charge is 2.16. The summed E-state index contributed by atoms with van der Waals surface area (Å²) in [4.78, 5) is 12.3. The highest BCUT2D eigenvalue weighted by molar-refractivity contribution is 5.96. The third-order valence-electron chi connectivity index (χ3n) is 3.58. The molecule has 0 spiro atoms. The Bertz CT molecular complexity index is 648. The van der Waals surface area contributed by atoms with E-state index in [1.807, 2.05) is 33.8 Å². The fraction of sp³-hybridized carbons (Fsp3) is 0.375. The number of halogens is 1. The first-order valence-corrected chi connectivity index (χ1v) is 6.97. The van der Waals surface area contributed by atoms with Crippen LogP contribution in [0.5, 0.6) is 0 Å². The van der Waals surface area contributed by atoms with Crippen LogP contribution in [0.1, 0.15) is 39.9 Å². The molecule has 1 aromatic heterocycles. The smallest absolute Gasteiger partial charge is 0.251 e. The molecule has 2 rings (SSSR count). The van der Waals surface area contributed by atoms with Gasteiger partial charge in [0, 0.05) is 22.9 Å². The van der Waals surface area contributed by atoms with E-state index in [1.54, 1.807) is 12.1 Å². The van der Waals surface area contributed by atoms with Crippen LogP contribution in [-0.4, -0.2) is 17.1 Å². The fourth-order valence-corrected chi connectivity index (χ4v) is 2.34. The van der Waals surface area contributed by atoms with E-state index in [0.29, 0.717) is 17.7 Å². The molecule has 0 aliphatic rings. The summed E-state index contributed by atoms with van der Waals surface area (Å²) in [5, 5.41) is 6.92. The minimum atomic E-state index is -0.112. The lowest BCUT2D eigenvalue weighted by atomic mass is 10.0. The Kier molecular flexibility index (Phi) is 6.00. The van der Waals surface area contributed by atoms with Gasteiger partial charge in [-0.05, 0) is 51.8 Å². The SMILES string of the molecule is Cc1ccc(N)cc1C(=O)NC(C)Cc1c(C)noc1C.Cl. The number of nitrogens with one attached hydrogen (secondary N) is 1. The zero-order chi connectivity index (χ0) is 15.6. The van der Waals surface area contributed by atoms with E-state index in [9.17, 15) is 4.79 Å². The summed E-state index contributed by atoms with van der Waals surface area (Å²) in [5.41, 5.74) is 9.77. The van der Waals surface area contributed by atoms with Crippen molar-refractivity contribution >= 4 is 24.0 Å². The number of hydrogen-bond donors (Lipinski definition) is 2. The summed E-state index contributed by atoms with van der Waals surface area (Å²) in [6, 6.07) is 5.32. The quantitative estimate of drug-likeness (QED) is 0.848. The number of nitrogens with zero attached hydrogens (tertiary/aromatic N) is 1. The monoisotopic (exact) mass is 323 g/mol. The average Bonchev–Trinajstić information content (AvgIpc) is 2.73. The molecule has 0 radical (unpaired) electrons. The number of aryl methyl sites for hydroxylation is 3. The van der Waals surface area contributed by atoms with Crippen molar-refractivity contribution in [2.75, 3.05) is 5.73 Å². The molecule has 1 amide bonds. The summed E-state index contributed by atoms with van der Waals surface area (Å²) in [7, 11) is 0. The molecule has 3 N–H and O–H groups in total. The second kappa shape index (κ2) is 7.31. The van der Waals surface area contributed by atoms with Crippen LogP contribution in [-0.2, 0) is 6.42 Å². The summed E-state index contributed by atoms with van der Waals surface area (Å²) in [5.74, 6) is 0.688. The van der Waals surface area contributed by atoms with Gasteiger partial charge in [-0.15, -0.1) is 12.4 Å². The lowest BCUT2D eigenvalue weighted by Crippen LogP contribution is -2.34. The first-order chi connectivity index (χ1) is 9.88. The van der Waals surface area contributed by atoms with E-state index in [0.717, 1.165) is 22.6 Å². The molecule has 0 saturated heterocycles. The van der Waals surface area contributed by atoms with Gasteiger partial charge < -0.3 is 15.6 Å². The Labute approximate surface area is 136 Å². The van der Waals surface area contributed by atoms with Crippen molar-refractivity contribution in [2.45, 2.75) is 40.2 Å². The van der Waals surface area contributed by atoms with Crippen molar-refractivity contribution in [3.05, 3.63) is 46.3 Å². The predicted octanol–water partition coefficient (Wildman–Crippen LogP) is 2.96. The first kappa shape index (κ1) is 18.0. The molecule has 1 aromatic carbocycles. The molecule has 1 unspecified atom stereocenters. The molecule has 1 heterocycles. The van der Waals surface area contributed by atoms with E-state index in [2.05, 4.69) is 10.5 Å². The number of aromatic nitrogens is 1. The predicted molar refractivity (Wildman–Crippen MR) is 89.4 cm³/mol. The summed E-state index contributed by atoms with van der Waals surface area (Å²) < 4.78 is 5.14. The Morgan fingerprint density at radius 3 is 2.64 bits per heavy atom. The molecule has 1 atom stereocenters. The van der Waals surface area contributed by atoms with Crippen molar-refractivity contribution in [1.29, 1.82) is 0 Å². The van der Waals surface area contributed by atoms with Crippen molar-refractivity contribution < 1.29 is 9.32 Å². The highest BCUT2D eigenvalue weighted by atomic mass is 35.5. The number of nitrogen functional groups attached to an aromatic ring is 1. The van der Waals surface area contributed by atoms with Gasteiger partial charge in [0.1, 0.15) is 5.76 Å². The van der Waals surface area contributed by atoms with Crippen LogP contribution in [0, 0.1) is 20.8 Å². The summed E-state index contributed by atoms with van der Waals surface area (Å²) in [6.07, 6.45) is 0.689. The minimum absolute atomic E-state index is 0. The van der Waals surface area contributed by atoms with Gasteiger partial charge in [-0.3, -0.25) is 4.79 Å². The summed E-state index contributed by atoms with van der Waals surface area (Å²) in [6.45, 7) is 7.65. The van der Waals surface area contributed by atoms with Crippen molar-refractivity contribution in [2.24, 2.45) is 0 Å². The van der Waals surface area contributed by atoms with E-state index < -0.39 is 0 Å². The molecule has 6 heteroatoms. The van der Waals surface area contributed by atoms with Crippen molar-refractivity contribution in [3.63, 3.8) is 0 Å². The fourth-order valence-electron chi connectivity index (χ4n) is 2.34. The number of carbonyl (C=O) groups is 1. The van der Waals surface area contributed by atoms with Crippen molar-refractivity contribution in [3.8, 4) is 0 Å². The molecule has 0 fully saturated rings. The third-order valence-corrected chi connectivity index (χ3v) is 3.58. The van der Waals surface area contributed by atoms with E-state index in [4.69, 9.17) is 10.3 Å². The Hall–Kier alpha value is -2.01. The molecule has 0 saturated carbocycles. The molecule has 120 valence electrons. The van der Waals surface area contributed by atoms with Crippen LogP contribution in [0.25, 0.3) is 0 Å². The maximum absolute atomic E-state index is 12.3. The number of nitrogens with two attached hydrogens (primary N) is 1. The standard InChI is InChI=1S/C16H21N3O2.ClH/c1-9-5-6-13(17)8-14(9)16(20)18-10(2)7-15-11(3)19-21-12(15)4;/h5-6,8,10H,7,17H2,1-4H3,(H,18,20);1H. The minimum Gasteiger partial charge on any atom is -0.399 e. The van der Waals surface area contributed by atoms with Gasteiger partial charge in [0.05, 0.1) is 5.69 Å². The second-order valence-electron chi connectivity index (χ2n) is 5.46. The van der Waals surface area contributed by atoms with Gasteiger partial charge in [0.25, 0.3) is 5.91 Å². The molecular formula is C16H22ClN3O2. The lowest BCUT2D eigenvalue weighted by molar-refractivity contribution is 0.0939. The summed E-state index contributed by atoms with van der Waals surface area (Å²) >= 11 is 0. The van der Waals surface area contributed by atoms with Gasteiger partial charge in [0.15, 0.2) is 0 Å². The third kappa shape index (κ3) is 4.01. The van der Waals surface area contributed by atoms with Gasteiger partial charge in [-0.25, -0.2) is 0 Å². The molecule has 5 nitrogen and oxygen atoms in total. The molecule has 0 bridgehead atoms. The first-order valence-electron chi connectivity index (χ1n) is 6.97. The van der Waals surface area contributed by atoms with Gasteiger partial charge >= 0.3 is 0 Å². The average molecular weight is 324 g/mol. The maximum Gasteiger partial charge on any atom is 0.251 e. The highest BCUT2D eigenvalue weighted by Crippen LogP contribution is 2.16. The molecule has 0 aliphatic heterocycles.